The molecule has 2 aromatic rings. The molecule has 1 aliphatic heterocycles. The number of rotatable bonds is 7. The Morgan fingerprint density at radius 1 is 1.14 bits per heavy atom. The molecule has 0 aliphatic carbocycles. The highest BCUT2D eigenvalue weighted by Crippen LogP contribution is 2.30. The lowest BCUT2D eigenvalue weighted by Crippen LogP contribution is -2.05. The van der Waals surface area contributed by atoms with Crippen molar-refractivity contribution in [3.8, 4) is 11.5 Å². The van der Waals surface area contributed by atoms with Crippen molar-refractivity contribution < 1.29 is 19.0 Å². The van der Waals surface area contributed by atoms with E-state index in [4.69, 9.17) is 14.2 Å². The molecule has 0 radical (unpaired) electrons. The van der Waals surface area contributed by atoms with E-state index in [2.05, 4.69) is 25.4 Å². The van der Waals surface area contributed by atoms with E-state index in [0.29, 0.717) is 29.9 Å². The molecule has 0 saturated heterocycles. The van der Waals surface area contributed by atoms with Crippen LogP contribution in [0.2, 0.25) is 0 Å². The monoisotopic (exact) mass is 377 g/mol. The third kappa shape index (κ3) is 4.31. The van der Waals surface area contributed by atoms with E-state index in [-0.39, 0.29) is 5.70 Å². The van der Waals surface area contributed by atoms with Crippen molar-refractivity contribution >= 4 is 17.9 Å². The van der Waals surface area contributed by atoms with Crippen molar-refractivity contribution in [1.82, 2.24) is 0 Å². The van der Waals surface area contributed by atoms with E-state index in [0.717, 1.165) is 11.1 Å². The summed E-state index contributed by atoms with van der Waals surface area (Å²) in [6.45, 7) is 8.27. The molecule has 5 nitrogen and oxygen atoms in total. The molecule has 0 amide bonds. The van der Waals surface area contributed by atoms with Crippen LogP contribution < -0.4 is 9.47 Å². The van der Waals surface area contributed by atoms with E-state index in [1.165, 1.54) is 5.56 Å². The predicted octanol–water partition coefficient (Wildman–Crippen LogP) is 4.73. The highest BCUT2D eigenvalue weighted by atomic mass is 16.6. The lowest BCUT2D eigenvalue weighted by Gasteiger charge is -2.09. The fourth-order valence-corrected chi connectivity index (χ4v) is 2.74. The smallest absolute Gasteiger partial charge is 0.363 e. The zero-order valence-electron chi connectivity index (χ0n) is 16.3. The summed E-state index contributed by atoms with van der Waals surface area (Å²) in [5, 5.41) is 0. The predicted molar refractivity (Wildman–Crippen MR) is 110 cm³/mol. The molecule has 0 saturated carbocycles. The van der Waals surface area contributed by atoms with Crippen molar-refractivity contribution in [3.63, 3.8) is 0 Å². The van der Waals surface area contributed by atoms with Crippen molar-refractivity contribution in [3.05, 3.63) is 77.5 Å². The van der Waals surface area contributed by atoms with Gasteiger partial charge >= 0.3 is 5.97 Å². The molecule has 28 heavy (non-hydrogen) atoms. The number of nitrogens with zero attached hydrogens (tertiary/aromatic N) is 1. The Morgan fingerprint density at radius 2 is 1.89 bits per heavy atom. The van der Waals surface area contributed by atoms with Crippen LogP contribution in [0.15, 0.2) is 65.8 Å². The molecule has 0 bridgehead atoms. The lowest BCUT2D eigenvalue weighted by atomic mass is 10.0. The first kappa shape index (κ1) is 19.4. The van der Waals surface area contributed by atoms with Crippen LogP contribution in [-0.4, -0.2) is 25.6 Å². The molecule has 2 aromatic carbocycles. The molecule has 1 heterocycles. The maximum atomic E-state index is 12.2. The molecule has 1 aliphatic rings. The molecule has 0 aromatic heterocycles. The standard InChI is InChI=1S/C23H23NO4/c1-5-12-27-20-11-6-16(14-21(20)26-4)13-19-23(25)28-22(24-19)18-9-7-17(8-10-18)15(2)3/h5-11,13-15H,1,12H2,2-4H3/b19-13-. The lowest BCUT2D eigenvalue weighted by molar-refractivity contribution is -0.129. The van der Waals surface area contributed by atoms with E-state index in [1.54, 1.807) is 31.4 Å². The number of esters is 1. The number of cyclic esters (lactones) is 1. The number of carbonyl (C=O) groups excluding carboxylic acids is 1. The SMILES string of the molecule is C=CCOc1ccc(/C=C2\N=C(c3ccc(C(C)C)cc3)OC2=O)cc1OC. The van der Waals surface area contributed by atoms with Crippen LogP contribution in [0.1, 0.15) is 36.5 Å². The number of benzene rings is 2. The van der Waals surface area contributed by atoms with E-state index in [1.807, 2.05) is 30.3 Å². The van der Waals surface area contributed by atoms with Crippen LogP contribution in [-0.2, 0) is 9.53 Å². The Morgan fingerprint density at radius 3 is 2.54 bits per heavy atom. The van der Waals surface area contributed by atoms with Gasteiger partial charge in [-0.3, -0.25) is 0 Å². The first-order valence-corrected chi connectivity index (χ1v) is 9.06. The molecule has 0 fully saturated rings. The van der Waals surface area contributed by atoms with Gasteiger partial charge in [-0.15, -0.1) is 0 Å². The zero-order chi connectivity index (χ0) is 20.1. The second kappa shape index (κ2) is 8.57. The third-order valence-corrected chi connectivity index (χ3v) is 4.29. The summed E-state index contributed by atoms with van der Waals surface area (Å²) in [5.41, 5.74) is 2.99. The minimum Gasteiger partial charge on any atom is -0.493 e. The fourth-order valence-electron chi connectivity index (χ4n) is 2.74. The van der Waals surface area contributed by atoms with Gasteiger partial charge in [-0.05, 0) is 47.4 Å². The van der Waals surface area contributed by atoms with Gasteiger partial charge in [-0.25, -0.2) is 9.79 Å². The Labute approximate surface area is 165 Å². The first-order valence-electron chi connectivity index (χ1n) is 9.06. The fraction of sp³-hybridized carbons (Fsp3) is 0.217. The van der Waals surface area contributed by atoms with E-state index in [9.17, 15) is 4.79 Å². The number of ether oxygens (including phenoxy) is 3. The molecular formula is C23H23NO4. The quantitative estimate of drug-likeness (QED) is 0.398. The number of hydrogen-bond donors (Lipinski definition) is 0. The van der Waals surface area contributed by atoms with Crippen molar-refractivity contribution in [2.24, 2.45) is 4.99 Å². The summed E-state index contributed by atoms with van der Waals surface area (Å²) in [5.74, 6) is 1.44. The van der Waals surface area contributed by atoms with Crippen LogP contribution in [0.3, 0.4) is 0 Å². The van der Waals surface area contributed by atoms with Gasteiger partial charge in [0.1, 0.15) is 6.61 Å². The summed E-state index contributed by atoms with van der Waals surface area (Å²) in [6, 6.07) is 13.3. The molecular weight excluding hydrogens is 354 g/mol. The Balaban J connectivity index is 1.85. The summed E-state index contributed by atoms with van der Waals surface area (Å²) < 4.78 is 16.2. The number of hydrogen-bond acceptors (Lipinski definition) is 5. The van der Waals surface area contributed by atoms with Crippen LogP contribution in [0.4, 0.5) is 0 Å². The van der Waals surface area contributed by atoms with Crippen LogP contribution >= 0.6 is 0 Å². The Hall–Kier alpha value is -3.34. The van der Waals surface area contributed by atoms with Crippen molar-refractivity contribution in [2.45, 2.75) is 19.8 Å². The number of aliphatic imine (C=N–C) groups is 1. The van der Waals surface area contributed by atoms with Gasteiger partial charge in [0.25, 0.3) is 0 Å². The topological polar surface area (TPSA) is 57.1 Å². The van der Waals surface area contributed by atoms with Crippen LogP contribution in [0.5, 0.6) is 11.5 Å². The highest BCUT2D eigenvalue weighted by Gasteiger charge is 2.24. The minimum absolute atomic E-state index is 0.241. The first-order chi connectivity index (χ1) is 13.5. The Kier molecular flexibility index (Phi) is 5.94. The van der Waals surface area contributed by atoms with Crippen molar-refractivity contribution in [2.75, 3.05) is 13.7 Å². The van der Waals surface area contributed by atoms with Gasteiger partial charge in [-0.2, -0.15) is 0 Å². The van der Waals surface area contributed by atoms with Gasteiger partial charge in [0.05, 0.1) is 7.11 Å². The van der Waals surface area contributed by atoms with Crippen molar-refractivity contribution in [1.29, 1.82) is 0 Å². The van der Waals surface area contributed by atoms with Gasteiger partial charge in [0.2, 0.25) is 5.90 Å². The maximum absolute atomic E-state index is 12.2. The summed E-state index contributed by atoms with van der Waals surface area (Å²) >= 11 is 0. The van der Waals surface area contributed by atoms with Crippen LogP contribution in [0, 0.1) is 0 Å². The largest absolute Gasteiger partial charge is 0.493 e. The second-order valence-corrected chi connectivity index (χ2v) is 6.62. The second-order valence-electron chi connectivity index (χ2n) is 6.62. The maximum Gasteiger partial charge on any atom is 0.363 e. The van der Waals surface area contributed by atoms with Gasteiger partial charge in [-0.1, -0.05) is 44.7 Å². The van der Waals surface area contributed by atoms with E-state index < -0.39 is 5.97 Å². The van der Waals surface area contributed by atoms with Crippen LogP contribution in [0.25, 0.3) is 6.08 Å². The molecule has 0 unspecified atom stereocenters. The molecule has 0 N–H and O–H groups in total. The Bertz CT molecular complexity index is 940. The summed E-state index contributed by atoms with van der Waals surface area (Å²) in [7, 11) is 1.56. The normalized spacial score (nSPS) is 14.8. The number of carbonyl (C=O) groups is 1. The highest BCUT2D eigenvalue weighted by molar-refractivity contribution is 6.12. The summed E-state index contributed by atoms with van der Waals surface area (Å²) in [6.07, 6.45) is 3.32. The summed E-state index contributed by atoms with van der Waals surface area (Å²) in [4.78, 5) is 16.6. The minimum atomic E-state index is -0.478. The average Bonchev–Trinajstić information content (AvgIpc) is 3.07. The molecule has 0 spiro atoms. The van der Waals surface area contributed by atoms with Gasteiger partial charge < -0.3 is 14.2 Å². The molecule has 0 atom stereocenters. The van der Waals surface area contributed by atoms with E-state index >= 15 is 0 Å². The molecule has 3 rings (SSSR count). The van der Waals surface area contributed by atoms with Gasteiger partial charge in [0, 0.05) is 5.56 Å². The third-order valence-electron chi connectivity index (χ3n) is 4.29. The molecule has 144 valence electrons. The van der Waals surface area contributed by atoms with Gasteiger partial charge in [0.15, 0.2) is 17.2 Å². The average molecular weight is 377 g/mol. The molecule has 5 heteroatoms. The zero-order valence-corrected chi connectivity index (χ0v) is 16.3. The number of methoxy groups -OCH3 is 1.